The van der Waals surface area contributed by atoms with Crippen molar-refractivity contribution in [1.82, 2.24) is 4.98 Å². The first-order valence-corrected chi connectivity index (χ1v) is 8.43. The summed E-state index contributed by atoms with van der Waals surface area (Å²) in [5.41, 5.74) is 2.30. The number of halogens is 2. The number of carbonyl (C=O) groups is 1. The van der Waals surface area contributed by atoms with Crippen LogP contribution >= 0.6 is 34.5 Å². The second kappa shape index (κ2) is 7.02. The molecular weight excluding hydrogens is 365 g/mol. The van der Waals surface area contributed by atoms with E-state index < -0.39 is 0 Å². The Morgan fingerprint density at radius 1 is 1.17 bits per heavy atom. The molecule has 0 aliphatic heterocycles. The molecule has 3 rings (SSSR count). The van der Waals surface area contributed by atoms with Gasteiger partial charge in [0.2, 0.25) is 0 Å². The van der Waals surface area contributed by atoms with Crippen LogP contribution in [0.4, 0.5) is 5.13 Å². The molecular formula is C17H9Cl2N3OS. The molecule has 0 spiro atoms. The second-order valence-electron chi connectivity index (χ2n) is 4.81. The van der Waals surface area contributed by atoms with Gasteiger partial charge in [-0.1, -0.05) is 23.2 Å². The Hall–Kier alpha value is -2.39. The highest BCUT2D eigenvalue weighted by Crippen LogP contribution is 2.32. The topological polar surface area (TPSA) is 65.8 Å². The van der Waals surface area contributed by atoms with Crippen molar-refractivity contribution in [1.29, 1.82) is 5.26 Å². The van der Waals surface area contributed by atoms with E-state index in [0.717, 1.165) is 0 Å². The number of rotatable bonds is 3. The zero-order chi connectivity index (χ0) is 17.1. The van der Waals surface area contributed by atoms with Crippen molar-refractivity contribution in [2.45, 2.75) is 0 Å². The fourth-order valence-electron chi connectivity index (χ4n) is 2.01. The first-order chi connectivity index (χ1) is 11.6. The minimum absolute atomic E-state index is 0.294. The maximum atomic E-state index is 12.2. The molecule has 0 atom stereocenters. The lowest BCUT2D eigenvalue weighted by Gasteiger charge is -2.02. The minimum atomic E-state index is -0.294. The lowest BCUT2D eigenvalue weighted by atomic mass is 10.1. The SMILES string of the molecule is N#Cc1ccc(C(=O)Nc2nc(-c3cc(Cl)ccc3Cl)cs2)cc1. The van der Waals surface area contributed by atoms with E-state index in [1.807, 2.05) is 6.07 Å². The largest absolute Gasteiger partial charge is 0.298 e. The average Bonchev–Trinajstić information content (AvgIpc) is 3.05. The Morgan fingerprint density at radius 2 is 1.92 bits per heavy atom. The van der Waals surface area contributed by atoms with Crippen LogP contribution in [0.15, 0.2) is 47.8 Å². The number of carbonyl (C=O) groups excluding carboxylic acids is 1. The van der Waals surface area contributed by atoms with Crippen molar-refractivity contribution >= 4 is 45.6 Å². The fourth-order valence-corrected chi connectivity index (χ4v) is 3.11. The summed E-state index contributed by atoms with van der Waals surface area (Å²) in [4.78, 5) is 16.6. The predicted octanol–water partition coefficient (Wildman–Crippen LogP) is 5.24. The molecule has 118 valence electrons. The standard InChI is InChI=1S/C17H9Cl2N3OS/c18-12-5-6-14(19)13(7-12)15-9-24-17(21-15)22-16(23)11-3-1-10(8-20)2-4-11/h1-7,9H,(H,21,22,23). The van der Waals surface area contributed by atoms with Crippen LogP contribution in [0.25, 0.3) is 11.3 Å². The lowest BCUT2D eigenvalue weighted by Crippen LogP contribution is -2.11. The van der Waals surface area contributed by atoms with Crippen LogP contribution < -0.4 is 5.32 Å². The smallest absolute Gasteiger partial charge is 0.257 e. The van der Waals surface area contributed by atoms with Gasteiger partial charge in [-0.05, 0) is 42.5 Å². The molecule has 1 heterocycles. The van der Waals surface area contributed by atoms with E-state index in [0.29, 0.717) is 37.6 Å². The molecule has 1 N–H and O–H groups in total. The van der Waals surface area contributed by atoms with Gasteiger partial charge in [0.25, 0.3) is 5.91 Å². The summed E-state index contributed by atoms with van der Waals surface area (Å²) in [7, 11) is 0. The molecule has 0 saturated heterocycles. The van der Waals surface area contributed by atoms with Gasteiger partial charge in [0, 0.05) is 21.5 Å². The summed E-state index contributed by atoms with van der Waals surface area (Å²) < 4.78 is 0. The van der Waals surface area contributed by atoms with E-state index in [2.05, 4.69) is 10.3 Å². The summed E-state index contributed by atoms with van der Waals surface area (Å²) in [5.74, 6) is -0.294. The van der Waals surface area contributed by atoms with Gasteiger partial charge in [0.1, 0.15) is 0 Å². The van der Waals surface area contributed by atoms with Crippen LogP contribution in [0.3, 0.4) is 0 Å². The molecule has 2 aromatic carbocycles. The van der Waals surface area contributed by atoms with Gasteiger partial charge < -0.3 is 0 Å². The van der Waals surface area contributed by atoms with Gasteiger partial charge in [-0.25, -0.2) is 4.98 Å². The molecule has 0 aliphatic rings. The van der Waals surface area contributed by atoms with Gasteiger partial charge in [-0.2, -0.15) is 5.26 Å². The molecule has 0 radical (unpaired) electrons. The van der Waals surface area contributed by atoms with Crippen LogP contribution in [-0.4, -0.2) is 10.9 Å². The number of aromatic nitrogens is 1. The monoisotopic (exact) mass is 373 g/mol. The first-order valence-electron chi connectivity index (χ1n) is 6.79. The number of nitrogens with one attached hydrogen (secondary N) is 1. The molecule has 0 unspecified atom stereocenters. The third-order valence-electron chi connectivity index (χ3n) is 3.21. The number of nitrogens with zero attached hydrogens (tertiary/aromatic N) is 2. The number of nitriles is 1. The van der Waals surface area contributed by atoms with E-state index in [1.54, 1.807) is 47.8 Å². The average molecular weight is 374 g/mol. The highest BCUT2D eigenvalue weighted by Gasteiger charge is 2.12. The van der Waals surface area contributed by atoms with Gasteiger partial charge in [-0.15, -0.1) is 11.3 Å². The van der Waals surface area contributed by atoms with Crippen LogP contribution in [-0.2, 0) is 0 Å². The van der Waals surface area contributed by atoms with E-state index in [9.17, 15) is 4.79 Å². The number of hydrogen-bond donors (Lipinski definition) is 1. The Morgan fingerprint density at radius 3 is 2.62 bits per heavy atom. The van der Waals surface area contributed by atoms with Crippen LogP contribution in [0.1, 0.15) is 15.9 Å². The lowest BCUT2D eigenvalue weighted by molar-refractivity contribution is 0.102. The third kappa shape index (κ3) is 3.57. The van der Waals surface area contributed by atoms with Gasteiger partial charge in [-0.3, -0.25) is 10.1 Å². The minimum Gasteiger partial charge on any atom is -0.298 e. The zero-order valence-electron chi connectivity index (χ0n) is 12.1. The molecule has 0 fully saturated rings. The molecule has 7 heteroatoms. The molecule has 1 amide bonds. The van der Waals surface area contributed by atoms with Gasteiger partial charge >= 0.3 is 0 Å². The highest BCUT2D eigenvalue weighted by molar-refractivity contribution is 7.14. The maximum Gasteiger partial charge on any atom is 0.257 e. The van der Waals surface area contributed by atoms with E-state index >= 15 is 0 Å². The summed E-state index contributed by atoms with van der Waals surface area (Å²) in [6.07, 6.45) is 0. The number of benzene rings is 2. The molecule has 3 aromatic rings. The zero-order valence-corrected chi connectivity index (χ0v) is 14.4. The van der Waals surface area contributed by atoms with Crippen molar-refractivity contribution in [3.8, 4) is 17.3 Å². The predicted molar refractivity (Wildman–Crippen MR) is 96.7 cm³/mol. The van der Waals surface area contributed by atoms with Crippen LogP contribution in [0.2, 0.25) is 10.0 Å². The van der Waals surface area contributed by atoms with Gasteiger partial charge in [0.05, 0.1) is 22.3 Å². The molecule has 0 aliphatic carbocycles. The Bertz CT molecular complexity index is 945. The van der Waals surface area contributed by atoms with E-state index in [4.69, 9.17) is 28.5 Å². The molecule has 4 nitrogen and oxygen atoms in total. The number of amides is 1. The maximum absolute atomic E-state index is 12.2. The fraction of sp³-hybridized carbons (Fsp3) is 0. The first kappa shape index (κ1) is 16.5. The van der Waals surface area contributed by atoms with Crippen molar-refractivity contribution in [3.05, 3.63) is 69.0 Å². The molecule has 0 bridgehead atoms. The Balaban J connectivity index is 1.79. The molecule has 1 aromatic heterocycles. The normalized spacial score (nSPS) is 10.2. The second-order valence-corrected chi connectivity index (χ2v) is 6.51. The number of hydrogen-bond acceptors (Lipinski definition) is 4. The summed E-state index contributed by atoms with van der Waals surface area (Å²) in [6.45, 7) is 0. The van der Waals surface area contributed by atoms with Crippen molar-refractivity contribution in [3.63, 3.8) is 0 Å². The van der Waals surface area contributed by atoms with Crippen molar-refractivity contribution < 1.29 is 4.79 Å². The van der Waals surface area contributed by atoms with Crippen molar-refractivity contribution in [2.24, 2.45) is 0 Å². The summed E-state index contributed by atoms with van der Waals surface area (Å²) in [5, 5.41) is 14.9. The summed E-state index contributed by atoms with van der Waals surface area (Å²) >= 11 is 13.4. The quantitative estimate of drug-likeness (QED) is 0.682. The number of anilines is 1. The third-order valence-corrected chi connectivity index (χ3v) is 4.53. The van der Waals surface area contributed by atoms with E-state index in [1.165, 1.54) is 11.3 Å². The van der Waals surface area contributed by atoms with E-state index in [-0.39, 0.29) is 5.91 Å². The van der Waals surface area contributed by atoms with Gasteiger partial charge in [0.15, 0.2) is 5.13 Å². The van der Waals surface area contributed by atoms with Crippen LogP contribution in [0.5, 0.6) is 0 Å². The van der Waals surface area contributed by atoms with Crippen LogP contribution in [0, 0.1) is 11.3 Å². The van der Waals surface area contributed by atoms with Crippen molar-refractivity contribution in [2.75, 3.05) is 5.32 Å². The number of thiazole rings is 1. The summed E-state index contributed by atoms with van der Waals surface area (Å²) in [6, 6.07) is 13.5. The Labute approximate surface area is 152 Å². The molecule has 24 heavy (non-hydrogen) atoms. The Kier molecular flexibility index (Phi) is 4.81. The highest BCUT2D eigenvalue weighted by atomic mass is 35.5. The molecule has 0 saturated carbocycles.